The summed E-state index contributed by atoms with van der Waals surface area (Å²) in [6.07, 6.45) is 4.19. The van der Waals surface area contributed by atoms with Crippen molar-refractivity contribution in [2.45, 2.75) is 52.6 Å². The number of anilines is 1. The quantitative estimate of drug-likeness (QED) is 0.717. The monoisotopic (exact) mass is 293 g/mol. The second-order valence-electron chi connectivity index (χ2n) is 5.64. The molecule has 0 aliphatic rings. The summed E-state index contributed by atoms with van der Waals surface area (Å²) in [5.41, 5.74) is 2.29. The number of ether oxygens (including phenoxy) is 1. The summed E-state index contributed by atoms with van der Waals surface area (Å²) in [7, 11) is 1.74. The molecule has 0 saturated heterocycles. The highest BCUT2D eigenvalue weighted by Crippen LogP contribution is 2.20. The lowest BCUT2D eigenvalue weighted by atomic mass is 10.1. The molecule has 0 amide bonds. The molecule has 0 saturated carbocycles. The molecule has 1 aromatic rings. The van der Waals surface area contributed by atoms with Crippen molar-refractivity contribution < 1.29 is 4.74 Å². The summed E-state index contributed by atoms with van der Waals surface area (Å²) < 4.78 is 5.20. The molecule has 0 aliphatic heterocycles. The average Bonchev–Trinajstić information content (AvgIpc) is 2.49. The summed E-state index contributed by atoms with van der Waals surface area (Å²) in [5, 5.41) is 3.55. The van der Waals surface area contributed by atoms with Crippen molar-refractivity contribution in [1.29, 1.82) is 0 Å². The summed E-state index contributed by atoms with van der Waals surface area (Å²) in [6.45, 7) is 11.4. The van der Waals surface area contributed by atoms with Crippen LogP contribution in [0.3, 0.4) is 0 Å². The summed E-state index contributed by atoms with van der Waals surface area (Å²) in [4.78, 5) is 6.99. The number of nitrogens with one attached hydrogen (secondary N) is 1. The van der Waals surface area contributed by atoms with Crippen LogP contribution in [0.1, 0.15) is 52.3 Å². The summed E-state index contributed by atoms with van der Waals surface area (Å²) in [6, 6.07) is 5.11. The van der Waals surface area contributed by atoms with Gasteiger partial charge in [0.05, 0.1) is 24.2 Å². The van der Waals surface area contributed by atoms with Gasteiger partial charge < -0.3 is 15.0 Å². The normalized spacial score (nSPS) is 12.7. The minimum Gasteiger partial charge on any atom is -0.383 e. The molecule has 1 N–H and O–H groups in total. The third kappa shape index (κ3) is 5.64. The Bertz CT molecular complexity index is 378. The molecule has 0 radical (unpaired) electrons. The van der Waals surface area contributed by atoms with Gasteiger partial charge in [-0.05, 0) is 45.4 Å². The Balaban J connectivity index is 2.78. The number of hydrogen-bond acceptors (Lipinski definition) is 4. The van der Waals surface area contributed by atoms with Gasteiger partial charge in [0.25, 0.3) is 0 Å². The van der Waals surface area contributed by atoms with Gasteiger partial charge in [-0.15, -0.1) is 0 Å². The fraction of sp³-hybridized carbons (Fsp3) is 0.706. The smallest absolute Gasteiger partial charge is 0.0637 e. The molecule has 0 bridgehead atoms. The standard InChI is InChI=1S/C17H31N3O/c1-6-10-18-16(7-2)17-9-8-15(13-19-17)20(14(3)4)11-12-21-5/h8-9,13-14,16,18H,6-7,10-12H2,1-5H3. The van der Waals surface area contributed by atoms with Gasteiger partial charge in [-0.3, -0.25) is 4.98 Å². The molecule has 4 nitrogen and oxygen atoms in total. The zero-order chi connectivity index (χ0) is 15.7. The van der Waals surface area contributed by atoms with Crippen LogP contribution in [0.4, 0.5) is 5.69 Å². The van der Waals surface area contributed by atoms with Crippen LogP contribution >= 0.6 is 0 Å². The Kier molecular flexibility index (Phi) is 8.31. The second-order valence-corrected chi connectivity index (χ2v) is 5.64. The van der Waals surface area contributed by atoms with Crippen molar-refractivity contribution in [3.8, 4) is 0 Å². The number of methoxy groups -OCH3 is 1. The predicted octanol–water partition coefficient (Wildman–Crippen LogP) is 3.39. The first-order valence-electron chi connectivity index (χ1n) is 8.08. The van der Waals surface area contributed by atoms with Crippen molar-refractivity contribution in [2.75, 3.05) is 31.7 Å². The lowest BCUT2D eigenvalue weighted by Gasteiger charge is -2.28. The van der Waals surface area contributed by atoms with Gasteiger partial charge in [0, 0.05) is 25.7 Å². The van der Waals surface area contributed by atoms with Crippen LogP contribution in [0.5, 0.6) is 0 Å². The highest BCUT2D eigenvalue weighted by molar-refractivity contribution is 5.45. The first-order chi connectivity index (χ1) is 10.1. The molecule has 120 valence electrons. The third-order valence-corrected chi connectivity index (χ3v) is 3.67. The molecule has 0 spiro atoms. The number of hydrogen-bond donors (Lipinski definition) is 1. The number of pyridine rings is 1. The van der Waals surface area contributed by atoms with Crippen LogP contribution in [0, 0.1) is 0 Å². The van der Waals surface area contributed by atoms with Gasteiger partial charge in [-0.1, -0.05) is 13.8 Å². The van der Waals surface area contributed by atoms with Crippen molar-refractivity contribution in [3.63, 3.8) is 0 Å². The van der Waals surface area contributed by atoms with E-state index in [9.17, 15) is 0 Å². The summed E-state index contributed by atoms with van der Waals surface area (Å²) >= 11 is 0. The Morgan fingerprint density at radius 1 is 1.29 bits per heavy atom. The van der Waals surface area contributed by atoms with Crippen LogP contribution in [-0.4, -0.2) is 37.8 Å². The van der Waals surface area contributed by atoms with E-state index in [-0.39, 0.29) is 0 Å². The minimum atomic E-state index is 0.352. The molecule has 0 fully saturated rings. The van der Waals surface area contributed by atoms with E-state index in [1.165, 1.54) is 0 Å². The van der Waals surface area contributed by atoms with Gasteiger partial charge in [0.2, 0.25) is 0 Å². The fourth-order valence-electron chi connectivity index (χ4n) is 2.43. The number of aromatic nitrogens is 1. The second kappa shape index (κ2) is 9.74. The van der Waals surface area contributed by atoms with Gasteiger partial charge >= 0.3 is 0 Å². The van der Waals surface area contributed by atoms with Crippen molar-refractivity contribution in [2.24, 2.45) is 0 Å². The van der Waals surface area contributed by atoms with E-state index in [0.29, 0.717) is 12.1 Å². The van der Waals surface area contributed by atoms with E-state index in [1.54, 1.807) is 7.11 Å². The minimum absolute atomic E-state index is 0.352. The maximum atomic E-state index is 5.20. The van der Waals surface area contributed by atoms with Gasteiger partial charge in [-0.2, -0.15) is 0 Å². The van der Waals surface area contributed by atoms with Gasteiger partial charge in [-0.25, -0.2) is 0 Å². The number of nitrogens with zero attached hydrogens (tertiary/aromatic N) is 2. The van der Waals surface area contributed by atoms with Crippen LogP contribution in [0.15, 0.2) is 18.3 Å². The van der Waals surface area contributed by atoms with Gasteiger partial charge in [0.15, 0.2) is 0 Å². The van der Waals surface area contributed by atoms with Crippen molar-refractivity contribution >= 4 is 5.69 Å². The molecule has 1 rings (SSSR count). The maximum Gasteiger partial charge on any atom is 0.0637 e. The first kappa shape index (κ1) is 17.9. The SMILES string of the molecule is CCCNC(CC)c1ccc(N(CCOC)C(C)C)cn1. The molecule has 0 aromatic carbocycles. The first-order valence-corrected chi connectivity index (χ1v) is 8.08. The van der Waals surface area contributed by atoms with E-state index in [1.807, 2.05) is 6.20 Å². The fourth-order valence-corrected chi connectivity index (χ4v) is 2.43. The van der Waals surface area contributed by atoms with Crippen molar-refractivity contribution in [3.05, 3.63) is 24.0 Å². The largest absolute Gasteiger partial charge is 0.383 e. The molecule has 1 unspecified atom stereocenters. The van der Waals surface area contributed by atoms with Crippen LogP contribution in [0.2, 0.25) is 0 Å². The summed E-state index contributed by atoms with van der Waals surface area (Å²) in [5.74, 6) is 0. The van der Waals surface area contributed by atoms with Crippen LogP contribution in [0.25, 0.3) is 0 Å². The highest BCUT2D eigenvalue weighted by atomic mass is 16.5. The Labute approximate surface area is 129 Å². The van der Waals surface area contributed by atoms with E-state index < -0.39 is 0 Å². The topological polar surface area (TPSA) is 37.4 Å². The Morgan fingerprint density at radius 2 is 2.05 bits per heavy atom. The predicted molar refractivity (Wildman–Crippen MR) is 89.9 cm³/mol. The molecular weight excluding hydrogens is 262 g/mol. The Morgan fingerprint density at radius 3 is 2.52 bits per heavy atom. The lowest BCUT2D eigenvalue weighted by molar-refractivity contribution is 0.204. The van der Waals surface area contributed by atoms with Crippen LogP contribution in [-0.2, 0) is 4.74 Å². The average molecular weight is 293 g/mol. The van der Waals surface area contributed by atoms with Crippen molar-refractivity contribution in [1.82, 2.24) is 10.3 Å². The third-order valence-electron chi connectivity index (χ3n) is 3.67. The molecular formula is C17H31N3O. The van der Waals surface area contributed by atoms with Crippen LogP contribution < -0.4 is 10.2 Å². The molecule has 1 heterocycles. The molecule has 0 aliphatic carbocycles. The zero-order valence-corrected chi connectivity index (χ0v) is 14.2. The maximum absolute atomic E-state index is 5.20. The number of rotatable bonds is 10. The van der Waals surface area contributed by atoms with E-state index >= 15 is 0 Å². The molecule has 4 heteroatoms. The molecule has 1 aromatic heterocycles. The van der Waals surface area contributed by atoms with Gasteiger partial charge in [0.1, 0.15) is 0 Å². The molecule has 1 atom stereocenters. The highest BCUT2D eigenvalue weighted by Gasteiger charge is 2.13. The zero-order valence-electron chi connectivity index (χ0n) is 14.2. The lowest BCUT2D eigenvalue weighted by Crippen LogP contribution is -2.34. The molecule has 21 heavy (non-hydrogen) atoms. The van der Waals surface area contributed by atoms with E-state index in [0.717, 1.165) is 43.9 Å². The Hall–Kier alpha value is -1.13. The van der Waals surface area contributed by atoms with E-state index in [2.05, 4.69) is 55.0 Å². The van der Waals surface area contributed by atoms with E-state index in [4.69, 9.17) is 4.74 Å².